The van der Waals surface area contributed by atoms with Crippen LogP contribution in [0.15, 0.2) is 24.5 Å². The van der Waals surface area contributed by atoms with Crippen LogP contribution in [0.4, 0.5) is 5.69 Å². The largest absolute Gasteiger partial charge is 0.480 e. The third-order valence-electron chi connectivity index (χ3n) is 2.33. The second-order valence-electron chi connectivity index (χ2n) is 3.96. The lowest BCUT2D eigenvalue weighted by Crippen LogP contribution is -2.24. The van der Waals surface area contributed by atoms with Crippen LogP contribution in [0.1, 0.15) is 16.2 Å². The second kappa shape index (κ2) is 5.78. The van der Waals surface area contributed by atoms with E-state index in [1.807, 2.05) is 0 Å². The molecule has 0 saturated heterocycles. The molecule has 0 unspecified atom stereocenters. The first-order valence-corrected chi connectivity index (χ1v) is 5.65. The molecule has 2 aromatic heterocycles. The molecule has 0 aliphatic carbocycles. The van der Waals surface area contributed by atoms with Crippen LogP contribution >= 0.6 is 0 Å². The van der Waals surface area contributed by atoms with Crippen LogP contribution in [-0.2, 0) is 17.9 Å². The van der Waals surface area contributed by atoms with Crippen molar-refractivity contribution in [2.45, 2.75) is 13.1 Å². The van der Waals surface area contributed by atoms with Gasteiger partial charge in [-0.2, -0.15) is 0 Å². The summed E-state index contributed by atoms with van der Waals surface area (Å²) in [4.78, 5) is 26.1. The van der Waals surface area contributed by atoms with E-state index in [9.17, 15) is 9.59 Å². The Hall–Kier alpha value is -2.97. The average molecular weight is 276 g/mol. The average Bonchev–Trinajstić information content (AvgIpc) is 2.83. The molecule has 0 fully saturated rings. The van der Waals surface area contributed by atoms with Crippen molar-refractivity contribution in [2.75, 3.05) is 5.73 Å². The number of pyridine rings is 1. The fourth-order valence-electron chi connectivity index (χ4n) is 1.44. The molecule has 0 aliphatic heterocycles. The molecule has 20 heavy (non-hydrogen) atoms. The van der Waals surface area contributed by atoms with Crippen LogP contribution in [0.3, 0.4) is 0 Å². The van der Waals surface area contributed by atoms with Crippen molar-refractivity contribution in [1.82, 2.24) is 25.3 Å². The number of aliphatic carboxylic acids is 1. The predicted molar refractivity (Wildman–Crippen MR) is 67.5 cm³/mol. The summed E-state index contributed by atoms with van der Waals surface area (Å²) in [5, 5.41) is 18.5. The first kappa shape index (κ1) is 13.5. The third-order valence-corrected chi connectivity index (χ3v) is 2.33. The topological polar surface area (TPSA) is 136 Å². The van der Waals surface area contributed by atoms with E-state index in [2.05, 4.69) is 20.6 Å². The number of carbonyl (C=O) groups is 2. The van der Waals surface area contributed by atoms with Crippen molar-refractivity contribution < 1.29 is 14.7 Å². The number of nitrogens with one attached hydrogen (secondary N) is 1. The minimum atomic E-state index is -1.02. The van der Waals surface area contributed by atoms with Crippen molar-refractivity contribution in [3.05, 3.63) is 35.9 Å². The lowest BCUT2D eigenvalue weighted by Gasteiger charge is -2.02. The quantitative estimate of drug-likeness (QED) is 0.654. The van der Waals surface area contributed by atoms with Gasteiger partial charge in [0.2, 0.25) is 0 Å². The lowest BCUT2D eigenvalue weighted by molar-refractivity contribution is -0.137. The first-order valence-electron chi connectivity index (χ1n) is 5.65. The molecule has 1 amide bonds. The Balaban J connectivity index is 1.91. The van der Waals surface area contributed by atoms with Gasteiger partial charge in [-0.3, -0.25) is 9.59 Å². The van der Waals surface area contributed by atoms with Crippen LogP contribution in [0.2, 0.25) is 0 Å². The van der Waals surface area contributed by atoms with Crippen LogP contribution in [-0.4, -0.2) is 37.0 Å². The summed E-state index contributed by atoms with van der Waals surface area (Å²) in [5.41, 5.74) is 6.63. The van der Waals surface area contributed by atoms with Gasteiger partial charge >= 0.3 is 5.97 Å². The molecule has 0 bridgehead atoms. The summed E-state index contributed by atoms with van der Waals surface area (Å²) >= 11 is 0. The Labute approximate surface area is 113 Å². The Morgan fingerprint density at radius 3 is 2.85 bits per heavy atom. The van der Waals surface area contributed by atoms with Gasteiger partial charge in [0.1, 0.15) is 17.9 Å². The summed E-state index contributed by atoms with van der Waals surface area (Å²) in [6, 6.07) is 3.08. The van der Waals surface area contributed by atoms with Gasteiger partial charge in [-0.15, -0.1) is 5.10 Å². The predicted octanol–water partition coefficient (Wildman–Crippen LogP) is -0.730. The van der Waals surface area contributed by atoms with Gasteiger partial charge < -0.3 is 16.2 Å². The zero-order valence-corrected chi connectivity index (χ0v) is 10.4. The van der Waals surface area contributed by atoms with E-state index in [0.29, 0.717) is 11.4 Å². The summed E-state index contributed by atoms with van der Waals surface area (Å²) in [5.74, 6) is -1.39. The van der Waals surface area contributed by atoms with Crippen molar-refractivity contribution in [3.8, 4) is 0 Å². The van der Waals surface area contributed by atoms with E-state index in [1.165, 1.54) is 23.1 Å². The molecule has 2 rings (SSSR count). The molecule has 0 saturated carbocycles. The number of nitrogens with zero attached hydrogens (tertiary/aromatic N) is 4. The number of hydrogen-bond acceptors (Lipinski definition) is 6. The molecular formula is C11H12N6O3. The first-order chi connectivity index (χ1) is 9.54. The Morgan fingerprint density at radius 1 is 1.40 bits per heavy atom. The molecule has 104 valence electrons. The summed E-state index contributed by atoms with van der Waals surface area (Å²) < 4.78 is 1.17. The van der Waals surface area contributed by atoms with E-state index in [1.54, 1.807) is 6.07 Å². The molecule has 9 heteroatoms. The van der Waals surface area contributed by atoms with Crippen LogP contribution < -0.4 is 11.1 Å². The van der Waals surface area contributed by atoms with Crippen molar-refractivity contribution >= 4 is 17.6 Å². The van der Waals surface area contributed by atoms with E-state index >= 15 is 0 Å². The Bertz CT molecular complexity index is 621. The van der Waals surface area contributed by atoms with Gasteiger partial charge in [-0.25, -0.2) is 9.67 Å². The Kier molecular flexibility index (Phi) is 3.89. The molecule has 0 aliphatic rings. The minimum Gasteiger partial charge on any atom is -0.480 e. The number of carboxylic acid groups (broad SMARTS) is 1. The zero-order chi connectivity index (χ0) is 14.5. The van der Waals surface area contributed by atoms with Gasteiger partial charge in [0.25, 0.3) is 5.91 Å². The maximum atomic E-state index is 11.8. The number of carbonyl (C=O) groups excluding carboxylic acids is 1. The van der Waals surface area contributed by atoms with E-state index in [0.717, 1.165) is 0 Å². The lowest BCUT2D eigenvalue weighted by atomic mass is 10.3. The maximum Gasteiger partial charge on any atom is 0.325 e. The SMILES string of the molecule is Nc1ccc(C(=O)NCc2cn(CC(=O)O)nn2)nc1. The normalized spacial score (nSPS) is 10.2. The molecule has 9 nitrogen and oxygen atoms in total. The number of anilines is 1. The van der Waals surface area contributed by atoms with E-state index < -0.39 is 5.97 Å². The number of carboxylic acids is 1. The highest BCUT2D eigenvalue weighted by molar-refractivity contribution is 5.92. The number of aromatic nitrogens is 4. The summed E-state index contributed by atoms with van der Waals surface area (Å²) in [6.07, 6.45) is 2.84. The molecule has 0 radical (unpaired) electrons. The van der Waals surface area contributed by atoms with E-state index in [-0.39, 0.29) is 24.7 Å². The van der Waals surface area contributed by atoms with Crippen LogP contribution in [0.25, 0.3) is 0 Å². The molecule has 2 aromatic rings. The van der Waals surface area contributed by atoms with Gasteiger partial charge in [0.05, 0.1) is 24.6 Å². The monoisotopic (exact) mass is 276 g/mol. The molecular weight excluding hydrogens is 264 g/mol. The van der Waals surface area contributed by atoms with Gasteiger partial charge in [0.15, 0.2) is 0 Å². The molecule has 0 aromatic carbocycles. The highest BCUT2D eigenvalue weighted by atomic mass is 16.4. The number of nitrogen functional groups attached to an aromatic ring is 1. The molecule has 4 N–H and O–H groups in total. The number of nitrogens with two attached hydrogens (primary N) is 1. The van der Waals surface area contributed by atoms with Crippen LogP contribution in [0, 0.1) is 0 Å². The van der Waals surface area contributed by atoms with Crippen LogP contribution in [0.5, 0.6) is 0 Å². The standard InChI is InChI=1S/C11H12N6O3/c12-7-1-2-9(13-3-7)11(20)14-4-8-5-17(16-15-8)6-10(18)19/h1-3,5H,4,6,12H2,(H,14,20)(H,18,19). The molecule has 0 atom stereocenters. The third kappa shape index (κ3) is 3.51. The number of amides is 1. The second-order valence-corrected chi connectivity index (χ2v) is 3.96. The summed E-state index contributed by atoms with van der Waals surface area (Å²) in [7, 11) is 0. The van der Waals surface area contributed by atoms with Gasteiger partial charge in [-0.1, -0.05) is 5.21 Å². The van der Waals surface area contributed by atoms with E-state index in [4.69, 9.17) is 10.8 Å². The fourth-order valence-corrected chi connectivity index (χ4v) is 1.44. The number of rotatable bonds is 5. The Morgan fingerprint density at radius 2 is 2.20 bits per heavy atom. The summed E-state index contributed by atoms with van der Waals surface area (Å²) in [6.45, 7) is -0.148. The van der Waals surface area contributed by atoms with Crippen molar-refractivity contribution in [1.29, 1.82) is 0 Å². The fraction of sp³-hybridized carbons (Fsp3) is 0.182. The molecule has 0 spiro atoms. The van der Waals surface area contributed by atoms with Crippen molar-refractivity contribution in [3.63, 3.8) is 0 Å². The molecule has 2 heterocycles. The van der Waals surface area contributed by atoms with Gasteiger partial charge in [0, 0.05) is 0 Å². The smallest absolute Gasteiger partial charge is 0.325 e. The number of hydrogen-bond donors (Lipinski definition) is 3. The van der Waals surface area contributed by atoms with Gasteiger partial charge in [-0.05, 0) is 12.1 Å². The zero-order valence-electron chi connectivity index (χ0n) is 10.4. The minimum absolute atomic E-state index is 0.129. The highest BCUT2D eigenvalue weighted by Crippen LogP contribution is 2.01. The van der Waals surface area contributed by atoms with Crippen molar-refractivity contribution in [2.24, 2.45) is 0 Å². The maximum absolute atomic E-state index is 11.8. The highest BCUT2D eigenvalue weighted by Gasteiger charge is 2.09.